The lowest BCUT2D eigenvalue weighted by atomic mass is 9.99. The Kier molecular flexibility index (Phi) is 7.27. The zero-order valence-electron chi connectivity index (χ0n) is 13.5. The van der Waals surface area contributed by atoms with E-state index in [4.69, 9.17) is 18.0 Å². The molecule has 6 N–H and O–H groups in total. The van der Waals surface area contributed by atoms with Crippen LogP contribution in [0.5, 0.6) is 0 Å². The second-order valence-electron chi connectivity index (χ2n) is 5.26. The Bertz CT molecular complexity index is 579. The van der Waals surface area contributed by atoms with Gasteiger partial charge in [0.2, 0.25) is 0 Å². The summed E-state index contributed by atoms with van der Waals surface area (Å²) in [5, 5.41) is 5.66. The summed E-state index contributed by atoms with van der Waals surface area (Å²) in [6.45, 7) is 5.72. The number of carbonyl (C=O) groups is 2. The highest BCUT2D eigenvalue weighted by molar-refractivity contribution is 7.80. The Balaban J connectivity index is 2.57. The number of thiocarbonyl (C=S) groups is 1. The van der Waals surface area contributed by atoms with Gasteiger partial charge in [0.05, 0.1) is 0 Å². The molecule has 0 radical (unpaired) electrons. The molecule has 0 unspecified atom stereocenters. The largest absolute Gasteiger partial charge is 0.352 e. The first-order valence-corrected chi connectivity index (χ1v) is 7.74. The van der Waals surface area contributed by atoms with E-state index in [9.17, 15) is 9.59 Å². The summed E-state index contributed by atoms with van der Waals surface area (Å²) in [6.07, 6.45) is 0.713. The minimum absolute atomic E-state index is 0.0674. The minimum atomic E-state index is -0.744. The van der Waals surface area contributed by atoms with Gasteiger partial charge >= 0.3 is 6.03 Å². The van der Waals surface area contributed by atoms with Gasteiger partial charge in [-0.15, -0.1) is 0 Å². The number of hydrogen-bond donors (Lipinski definition) is 5. The molecule has 3 amide bonds. The molecular weight excluding hydrogens is 314 g/mol. The molecule has 0 aliphatic rings. The molecule has 8 heteroatoms. The highest BCUT2D eigenvalue weighted by Crippen LogP contribution is 2.12. The molecule has 0 aliphatic carbocycles. The third-order valence-corrected chi connectivity index (χ3v) is 3.69. The van der Waals surface area contributed by atoms with Crippen molar-refractivity contribution in [2.45, 2.75) is 33.2 Å². The van der Waals surface area contributed by atoms with Crippen LogP contribution < -0.4 is 27.2 Å². The van der Waals surface area contributed by atoms with Crippen LogP contribution in [0.1, 0.15) is 25.8 Å². The van der Waals surface area contributed by atoms with Crippen molar-refractivity contribution in [3.63, 3.8) is 0 Å². The van der Waals surface area contributed by atoms with E-state index in [1.54, 1.807) is 0 Å². The molecule has 1 aromatic rings. The number of anilines is 1. The van der Waals surface area contributed by atoms with E-state index < -0.39 is 18.0 Å². The van der Waals surface area contributed by atoms with E-state index in [1.807, 2.05) is 45.0 Å². The summed E-state index contributed by atoms with van der Waals surface area (Å²) in [4.78, 5) is 23.2. The molecule has 23 heavy (non-hydrogen) atoms. The van der Waals surface area contributed by atoms with E-state index in [2.05, 4.69) is 21.5 Å². The van der Waals surface area contributed by atoms with Gasteiger partial charge in [0.25, 0.3) is 5.91 Å². The van der Waals surface area contributed by atoms with Crippen molar-refractivity contribution in [2.24, 2.45) is 11.7 Å². The number of amides is 3. The summed E-state index contributed by atoms with van der Waals surface area (Å²) < 4.78 is 0. The summed E-state index contributed by atoms with van der Waals surface area (Å²) >= 11 is 5.13. The van der Waals surface area contributed by atoms with Crippen LogP contribution in [-0.4, -0.2) is 23.1 Å². The van der Waals surface area contributed by atoms with Crippen LogP contribution in [0.3, 0.4) is 0 Å². The zero-order valence-corrected chi connectivity index (χ0v) is 14.3. The van der Waals surface area contributed by atoms with Gasteiger partial charge in [-0.05, 0) is 36.7 Å². The molecule has 0 bridgehead atoms. The van der Waals surface area contributed by atoms with Crippen LogP contribution in [-0.2, 0) is 4.79 Å². The van der Waals surface area contributed by atoms with Gasteiger partial charge in [-0.1, -0.05) is 38.5 Å². The molecule has 7 nitrogen and oxygen atoms in total. The fraction of sp³-hybridized carbons (Fsp3) is 0.400. The van der Waals surface area contributed by atoms with Gasteiger partial charge in [-0.2, -0.15) is 0 Å². The lowest BCUT2D eigenvalue weighted by molar-refractivity contribution is -0.124. The Morgan fingerprint density at radius 2 is 1.91 bits per heavy atom. The van der Waals surface area contributed by atoms with Gasteiger partial charge in [0, 0.05) is 5.69 Å². The Hall–Kier alpha value is -2.35. The molecule has 2 atom stereocenters. The van der Waals surface area contributed by atoms with Crippen molar-refractivity contribution in [3.8, 4) is 0 Å². The molecule has 126 valence electrons. The Morgan fingerprint density at radius 1 is 1.26 bits per heavy atom. The molecule has 0 saturated carbocycles. The number of rotatable bonds is 5. The van der Waals surface area contributed by atoms with Crippen LogP contribution >= 0.6 is 12.2 Å². The summed E-state index contributed by atoms with van der Waals surface area (Å²) in [6, 6.07) is 6.15. The molecule has 0 saturated heterocycles. The predicted octanol–water partition coefficient (Wildman–Crippen LogP) is 1.40. The van der Waals surface area contributed by atoms with Crippen LogP contribution in [0.25, 0.3) is 0 Å². The maximum Gasteiger partial charge on any atom is 0.312 e. The maximum atomic E-state index is 12.2. The third-order valence-electron chi connectivity index (χ3n) is 3.49. The van der Waals surface area contributed by atoms with Gasteiger partial charge < -0.3 is 16.4 Å². The number of hydrogen-bond acceptors (Lipinski definition) is 3. The first-order chi connectivity index (χ1) is 10.8. The molecule has 0 aromatic heterocycles. The number of urea groups is 1. The molecular formula is C15H23N5O2S. The number of aryl methyl sites for hydroxylation is 1. The first-order valence-electron chi connectivity index (χ1n) is 7.33. The molecule has 0 fully saturated rings. The zero-order chi connectivity index (χ0) is 17.4. The summed E-state index contributed by atoms with van der Waals surface area (Å²) in [7, 11) is 0. The quantitative estimate of drug-likeness (QED) is 0.412. The standard InChI is InChI=1S/C15H23N5O2S/c1-4-9(2)12(18-14(16)22)13(21)19-20-15(23)17-11-8-6-5-7-10(11)3/h5-9,12H,4H2,1-3H3,(H,19,21)(H3,16,18,22)(H2,17,20,23)/t9-,12+/m0/s1. The number of carbonyl (C=O) groups excluding carboxylic acids is 2. The summed E-state index contributed by atoms with van der Waals surface area (Å²) in [5.74, 6) is -0.478. The number of nitrogens with one attached hydrogen (secondary N) is 4. The van der Waals surface area contributed by atoms with Crippen molar-refractivity contribution in [2.75, 3.05) is 5.32 Å². The van der Waals surface area contributed by atoms with Gasteiger partial charge in [0.15, 0.2) is 5.11 Å². The average molecular weight is 337 g/mol. The number of para-hydroxylation sites is 1. The fourth-order valence-corrected chi connectivity index (χ4v) is 2.08. The molecule has 0 heterocycles. The maximum absolute atomic E-state index is 12.2. The third kappa shape index (κ3) is 6.11. The van der Waals surface area contributed by atoms with Crippen molar-refractivity contribution in [3.05, 3.63) is 29.8 Å². The van der Waals surface area contributed by atoms with Crippen molar-refractivity contribution in [1.82, 2.24) is 16.2 Å². The topological polar surface area (TPSA) is 108 Å². The minimum Gasteiger partial charge on any atom is -0.352 e. The number of benzene rings is 1. The summed E-state index contributed by atoms with van der Waals surface area (Å²) in [5.41, 5.74) is 12.1. The van der Waals surface area contributed by atoms with Crippen LogP contribution in [0, 0.1) is 12.8 Å². The van der Waals surface area contributed by atoms with Gasteiger partial charge in [-0.3, -0.25) is 15.6 Å². The van der Waals surface area contributed by atoms with E-state index in [0.29, 0.717) is 6.42 Å². The van der Waals surface area contributed by atoms with Gasteiger partial charge in [-0.25, -0.2) is 4.79 Å². The van der Waals surface area contributed by atoms with Crippen molar-refractivity contribution >= 4 is 35.0 Å². The second-order valence-corrected chi connectivity index (χ2v) is 5.66. The average Bonchev–Trinajstić information content (AvgIpc) is 2.51. The van der Waals surface area contributed by atoms with E-state index >= 15 is 0 Å². The smallest absolute Gasteiger partial charge is 0.312 e. The van der Waals surface area contributed by atoms with E-state index in [1.165, 1.54) is 0 Å². The highest BCUT2D eigenvalue weighted by atomic mass is 32.1. The molecule has 0 aliphatic heterocycles. The van der Waals surface area contributed by atoms with Crippen LogP contribution in [0.4, 0.5) is 10.5 Å². The van der Waals surface area contributed by atoms with E-state index in [-0.39, 0.29) is 11.0 Å². The Morgan fingerprint density at radius 3 is 2.48 bits per heavy atom. The number of nitrogens with two attached hydrogens (primary N) is 1. The second kappa shape index (κ2) is 8.94. The lowest BCUT2D eigenvalue weighted by Crippen LogP contribution is -2.56. The number of primary amides is 1. The lowest BCUT2D eigenvalue weighted by Gasteiger charge is -2.23. The fourth-order valence-electron chi connectivity index (χ4n) is 1.92. The highest BCUT2D eigenvalue weighted by Gasteiger charge is 2.25. The Labute approximate surface area is 141 Å². The predicted molar refractivity (Wildman–Crippen MR) is 94.6 cm³/mol. The molecule has 0 spiro atoms. The normalized spacial score (nSPS) is 12.7. The SMILES string of the molecule is CC[C@H](C)[C@@H](NC(N)=O)C(=O)NNC(=S)Nc1ccccc1C. The van der Waals surface area contributed by atoms with Crippen molar-refractivity contribution < 1.29 is 9.59 Å². The molecule has 1 aromatic carbocycles. The van der Waals surface area contributed by atoms with E-state index in [0.717, 1.165) is 11.3 Å². The number of hydrazine groups is 1. The first kappa shape index (κ1) is 18.7. The van der Waals surface area contributed by atoms with Crippen molar-refractivity contribution in [1.29, 1.82) is 0 Å². The van der Waals surface area contributed by atoms with Gasteiger partial charge in [0.1, 0.15) is 6.04 Å². The van der Waals surface area contributed by atoms with Crippen LogP contribution in [0.2, 0.25) is 0 Å². The monoisotopic (exact) mass is 337 g/mol. The molecule has 1 rings (SSSR count). The van der Waals surface area contributed by atoms with Crippen LogP contribution in [0.15, 0.2) is 24.3 Å².